The molecule has 1 unspecified atom stereocenters. The van der Waals surface area contributed by atoms with Crippen molar-refractivity contribution in [1.82, 2.24) is 4.90 Å². The number of amides is 1. The Bertz CT molecular complexity index is 705. The molecule has 0 fully saturated rings. The topological polar surface area (TPSA) is 48.0 Å². The number of rotatable bonds is 8. The number of carbonyl (C=O) groups excluding carboxylic acids is 1. The van der Waals surface area contributed by atoms with Crippen LogP contribution in [-0.4, -0.2) is 38.2 Å². The zero-order valence-electron chi connectivity index (χ0n) is 16.1. The molecule has 0 radical (unpaired) electrons. The van der Waals surface area contributed by atoms with Crippen LogP contribution in [0.2, 0.25) is 0 Å². The predicted octanol–water partition coefficient (Wildman–Crippen LogP) is 4.15. The van der Waals surface area contributed by atoms with E-state index in [9.17, 15) is 4.79 Å². The Labute approximate surface area is 155 Å². The first kappa shape index (κ1) is 19.6. The highest BCUT2D eigenvalue weighted by Gasteiger charge is 2.24. The van der Waals surface area contributed by atoms with Crippen LogP contribution in [-0.2, 0) is 6.54 Å². The van der Waals surface area contributed by atoms with Gasteiger partial charge in [-0.05, 0) is 31.0 Å². The summed E-state index contributed by atoms with van der Waals surface area (Å²) < 4.78 is 16.1. The van der Waals surface area contributed by atoms with Crippen LogP contribution in [0.15, 0.2) is 42.5 Å². The van der Waals surface area contributed by atoms with Gasteiger partial charge in [-0.1, -0.05) is 37.3 Å². The van der Waals surface area contributed by atoms with Gasteiger partial charge < -0.3 is 19.1 Å². The van der Waals surface area contributed by atoms with Gasteiger partial charge in [-0.3, -0.25) is 4.79 Å². The first-order chi connectivity index (χ1) is 12.5. The number of carbonyl (C=O) groups is 1. The van der Waals surface area contributed by atoms with Crippen molar-refractivity contribution in [3.05, 3.63) is 53.6 Å². The van der Waals surface area contributed by atoms with Gasteiger partial charge in [0, 0.05) is 18.2 Å². The highest BCUT2D eigenvalue weighted by atomic mass is 16.5. The fourth-order valence-electron chi connectivity index (χ4n) is 2.80. The van der Waals surface area contributed by atoms with Crippen LogP contribution in [0.5, 0.6) is 17.2 Å². The van der Waals surface area contributed by atoms with Gasteiger partial charge in [0.05, 0.1) is 21.3 Å². The Morgan fingerprint density at radius 2 is 1.58 bits per heavy atom. The normalized spacial score (nSPS) is 11.6. The number of hydrogen-bond acceptors (Lipinski definition) is 4. The standard InChI is InChI=1S/C21H27NO4/c1-6-15(2)22(14-16-10-8-7-9-11-16)21(23)17-12-18(24-3)20(26-5)19(13-17)25-4/h7-13,15H,6,14H2,1-5H3. The zero-order valence-corrected chi connectivity index (χ0v) is 16.1. The van der Waals surface area contributed by atoms with Crippen LogP contribution in [0.25, 0.3) is 0 Å². The summed E-state index contributed by atoms with van der Waals surface area (Å²) in [5.74, 6) is 1.35. The minimum atomic E-state index is -0.0672. The average molecular weight is 357 g/mol. The van der Waals surface area contributed by atoms with Crippen molar-refractivity contribution >= 4 is 5.91 Å². The molecular weight excluding hydrogens is 330 g/mol. The van der Waals surface area contributed by atoms with Crippen molar-refractivity contribution in [2.45, 2.75) is 32.9 Å². The summed E-state index contributed by atoms with van der Waals surface area (Å²) in [5.41, 5.74) is 1.60. The fraction of sp³-hybridized carbons (Fsp3) is 0.381. The van der Waals surface area contributed by atoms with Gasteiger partial charge in [0.15, 0.2) is 11.5 Å². The first-order valence-electron chi connectivity index (χ1n) is 8.70. The summed E-state index contributed by atoms with van der Waals surface area (Å²) in [5, 5.41) is 0. The lowest BCUT2D eigenvalue weighted by atomic mass is 10.1. The number of nitrogens with zero attached hydrogens (tertiary/aromatic N) is 1. The summed E-state index contributed by atoms with van der Waals surface area (Å²) in [6, 6.07) is 13.5. The van der Waals surface area contributed by atoms with E-state index in [1.807, 2.05) is 35.2 Å². The molecule has 2 aromatic rings. The Balaban J connectivity index is 2.41. The predicted molar refractivity (Wildman–Crippen MR) is 102 cm³/mol. The smallest absolute Gasteiger partial charge is 0.254 e. The molecule has 0 saturated heterocycles. The second-order valence-corrected chi connectivity index (χ2v) is 6.09. The van der Waals surface area contributed by atoms with Crippen molar-refractivity contribution in [3.8, 4) is 17.2 Å². The third-order valence-electron chi connectivity index (χ3n) is 4.49. The van der Waals surface area contributed by atoms with E-state index >= 15 is 0 Å². The number of methoxy groups -OCH3 is 3. The van der Waals surface area contributed by atoms with Gasteiger partial charge in [-0.15, -0.1) is 0 Å². The lowest BCUT2D eigenvalue weighted by Crippen LogP contribution is -2.37. The minimum absolute atomic E-state index is 0.0672. The SMILES string of the molecule is CCC(C)N(Cc1ccccc1)C(=O)c1cc(OC)c(OC)c(OC)c1. The summed E-state index contributed by atoms with van der Waals surface area (Å²) in [6.07, 6.45) is 0.864. The molecule has 1 atom stereocenters. The van der Waals surface area contributed by atoms with Crippen LogP contribution in [0.4, 0.5) is 0 Å². The summed E-state index contributed by atoms with van der Waals surface area (Å²) in [6.45, 7) is 4.68. The van der Waals surface area contributed by atoms with Crippen molar-refractivity contribution < 1.29 is 19.0 Å². The Morgan fingerprint density at radius 3 is 2.04 bits per heavy atom. The van der Waals surface area contributed by atoms with Gasteiger partial charge in [-0.25, -0.2) is 0 Å². The van der Waals surface area contributed by atoms with Crippen molar-refractivity contribution in [2.24, 2.45) is 0 Å². The quantitative estimate of drug-likeness (QED) is 0.712. The highest BCUT2D eigenvalue weighted by molar-refractivity contribution is 5.95. The molecule has 0 aliphatic carbocycles. The number of ether oxygens (including phenoxy) is 3. The van der Waals surface area contributed by atoms with Crippen LogP contribution in [0.1, 0.15) is 36.2 Å². The molecule has 0 N–H and O–H groups in total. The van der Waals surface area contributed by atoms with Gasteiger partial charge in [0.25, 0.3) is 5.91 Å². The van der Waals surface area contributed by atoms with Crippen LogP contribution in [0, 0.1) is 0 Å². The zero-order chi connectivity index (χ0) is 19.1. The summed E-state index contributed by atoms with van der Waals surface area (Å²) >= 11 is 0. The number of hydrogen-bond donors (Lipinski definition) is 0. The lowest BCUT2D eigenvalue weighted by molar-refractivity contribution is 0.0670. The molecule has 0 bridgehead atoms. The maximum atomic E-state index is 13.3. The van der Waals surface area contributed by atoms with E-state index in [4.69, 9.17) is 14.2 Å². The maximum Gasteiger partial charge on any atom is 0.254 e. The molecule has 0 heterocycles. The molecule has 0 aliphatic heterocycles. The van der Waals surface area contributed by atoms with Crippen LogP contribution < -0.4 is 14.2 Å². The Hall–Kier alpha value is -2.69. The number of benzene rings is 2. The molecule has 0 aliphatic rings. The van der Waals surface area contributed by atoms with E-state index in [0.717, 1.165) is 12.0 Å². The average Bonchev–Trinajstić information content (AvgIpc) is 2.70. The van der Waals surface area contributed by atoms with E-state index in [1.54, 1.807) is 33.5 Å². The summed E-state index contributed by atoms with van der Waals surface area (Å²) in [4.78, 5) is 15.1. The molecular formula is C21H27NO4. The summed E-state index contributed by atoms with van der Waals surface area (Å²) in [7, 11) is 4.63. The van der Waals surface area contributed by atoms with E-state index < -0.39 is 0 Å². The largest absolute Gasteiger partial charge is 0.493 e. The molecule has 2 rings (SSSR count). The molecule has 5 heteroatoms. The molecule has 0 spiro atoms. The van der Waals surface area contributed by atoms with Crippen LogP contribution in [0.3, 0.4) is 0 Å². The van der Waals surface area contributed by atoms with Gasteiger partial charge in [-0.2, -0.15) is 0 Å². The van der Waals surface area contributed by atoms with Crippen molar-refractivity contribution in [3.63, 3.8) is 0 Å². The van der Waals surface area contributed by atoms with E-state index in [-0.39, 0.29) is 11.9 Å². The second-order valence-electron chi connectivity index (χ2n) is 6.09. The molecule has 1 amide bonds. The van der Waals surface area contributed by atoms with E-state index in [0.29, 0.717) is 29.4 Å². The highest BCUT2D eigenvalue weighted by Crippen LogP contribution is 2.38. The van der Waals surface area contributed by atoms with Gasteiger partial charge in [0.1, 0.15) is 0 Å². The fourth-order valence-corrected chi connectivity index (χ4v) is 2.80. The molecule has 0 saturated carbocycles. The molecule has 140 valence electrons. The molecule has 26 heavy (non-hydrogen) atoms. The minimum Gasteiger partial charge on any atom is -0.493 e. The molecule has 0 aromatic heterocycles. The molecule has 2 aromatic carbocycles. The third-order valence-corrected chi connectivity index (χ3v) is 4.49. The van der Waals surface area contributed by atoms with Gasteiger partial charge >= 0.3 is 0 Å². The van der Waals surface area contributed by atoms with Crippen molar-refractivity contribution in [2.75, 3.05) is 21.3 Å². The lowest BCUT2D eigenvalue weighted by Gasteiger charge is -2.29. The maximum absolute atomic E-state index is 13.3. The van der Waals surface area contributed by atoms with Crippen LogP contribution >= 0.6 is 0 Å². The third kappa shape index (κ3) is 4.28. The Morgan fingerprint density at radius 1 is 1.00 bits per heavy atom. The first-order valence-corrected chi connectivity index (χ1v) is 8.70. The Kier molecular flexibility index (Phi) is 6.89. The molecule has 5 nitrogen and oxygen atoms in total. The second kappa shape index (κ2) is 9.13. The van der Waals surface area contributed by atoms with Gasteiger partial charge in [0.2, 0.25) is 5.75 Å². The van der Waals surface area contributed by atoms with E-state index in [2.05, 4.69) is 13.8 Å². The van der Waals surface area contributed by atoms with E-state index in [1.165, 1.54) is 0 Å². The van der Waals surface area contributed by atoms with Crippen molar-refractivity contribution in [1.29, 1.82) is 0 Å². The monoisotopic (exact) mass is 357 g/mol.